The second-order valence-corrected chi connectivity index (χ2v) is 7.33. The van der Waals surface area contributed by atoms with Crippen LogP contribution < -0.4 is 14.8 Å². The van der Waals surface area contributed by atoms with Crippen molar-refractivity contribution in [3.8, 4) is 23.1 Å². The third-order valence-corrected chi connectivity index (χ3v) is 4.68. The van der Waals surface area contributed by atoms with Crippen molar-refractivity contribution in [3.63, 3.8) is 0 Å². The fraction of sp³-hybridized carbons (Fsp3) is 0.333. The van der Waals surface area contributed by atoms with Gasteiger partial charge in [0.2, 0.25) is 11.8 Å². The van der Waals surface area contributed by atoms with Crippen molar-refractivity contribution in [1.82, 2.24) is 15.1 Å². The zero-order valence-electron chi connectivity index (χ0n) is 18.0. The van der Waals surface area contributed by atoms with E-state index in [0.717, 1.165) is 34.9 Å². The average molecular weight is 408 g/mol. The minimum atomic E-state index is 0.0231. The molecule has 1 N–H and O–H groups in total. The van der Waals surface area contributed by atoms with Crippen molar-refractivity contribution in [2.75, 3.05) is 7.11 Å². The number of rotatable bonds is 9. The average Bonchev–Trinajstić information content (AvgIpc) is 3.09. The first-order valence-corrected chi connectivity index (χ1v) is 10.3. The Morgan fingerprint density at radius 1 is 1.07 bits per heavy atom. The Morgan fingerprint density at radius 3 is 2.37 bits per heavy atom. The van der Waals surface area contributed by atoms with Gasteiger partial charge in [-0.2, -0.15) is 5.10 Å². The Balaban J connectivity index is 2.00. The molecule has 6 heteroatoms. The molecular weight excluding hydrogens is 378 g/mol. The van der Waals surface area contributed by atoms with Crippen LogP contribution >= 0.6 is 0 Å². The first-order valence-electron chi connectivity index (χ1n) is 10.3. The van der Waals surface area contributed by atoms with Gasteiger partial charge in [0.25, 0.3) is 0 Å². The van der Waals surface area contributed by atoms with E-state index in [1.54, 1.807) is 11.8 Å². The summed E-state index contributed by atoms with van der Waals surface area (Å²) in [6, 6.07) is 17.4. The number of hydrogen-bond acceptors (Lipinski definition) is 4. The van der Waals surface area contributed by atoms with Crippen molar-refractivity contribution in [2.24, 2.45) is 0 Å². The quantitative estimate of drug-likeness (QED) is 0.559. The second kappa shape index (κ2) is 9.96. The van der Waals surface area contributed by atoms with Gasteiger partial charge < -0.3 is 14.8 Å². The molecule has 3 aromatic rings. The largest absolute Gasteiger partial charge is 0.497 e. The van der Waals surface area contributed by atoms with Crippen LogP contribution in [-0.2, 0) is 17.6 Å². The van der Waals surface area contributed by atoms with Gasteiger partial charge in [-0.25, -0.2) is 4.68 Å². The number of carbonyl (C=O) groups is 1. The maximum absolute atomic E-state index is 12.3. The molecule has 0 fully saturated rings. The lowest BCUT2D eigenvalue weighted by Crippen LogP contribution is -2.30. The highest BCUT2D eigenvalue weighted by Crippen LogP contribution is 2.32. The number of methoxy groups -OCH3 is 1. The number of benzene rings is 2. The SMILES string of the molecule is CCc1nn(-c2ccc(OC)cc2)c(Oc2ccccc2)c1CCC(=O)NC(C)C. The van der Waals surface area contributed by atoms with Crippen LogP contribution in [0.5, 0.6) is 17.4 Å². The summed E-state index contributed by atoms with van der Waals surface area (Å²) in [4.78, 5) is 12.3. The third-order valence-electron chi connectivity index (χ3n) is 4.68. The smallest absolute Gasteiger partial charge is 0.226 e. The molecule has 0 saturated carbocycles. The number of para-hydroxylation sites is 1. The summed E-state index contributed by atoms with van der Waals surface area (Å²) in [6.45, 7) is 5.98. The van der Waals surface area contributed by atoms with Crippen LogP contribution in [0.25, 0.3) is 5.69 Å². The number of amides is 1. The molecule has 0 unspecified atom stereocenters. The number of nitrogens with zero attached hydrogens (tertiary/aromatic N) is 2. The number of ether oxygens (including phenoxy) is 2. The molecule has 1 aromatic heterocycles. The van der Waals surface area contributed by atoms with E-state index in [2.05, 4.69) is 12.2 Å². The molecule has 0 radical (unpaired) electrons. The van der Waals surface area contributed by atoms with Gasteiger partial charge in [0.05, 0.1) is 18.5 Å². The van der Waals surface area contributed by atoms with Gasteiger partial charge in [-0.15, -0.1) is 0 Å². The Hall–Kier alpha value is -3.28. The Morgan fingerprint density at radius 2 is 1.77 bits per heavy atom. The molecule has 0 bridgehead atoms. The van der Waals surface area contributed by atoms with Crippen molar-refractivity contribution >= 4 is 5.91 Å². The fourth-order valence-corrected chi connectivity index (χ4v) is 3.25. The number of aryl methyl sites for hydroxylation is 1. The van der Waals surface area contributed by atoms with Crippen molar-refractivity contribution in [3.05, 3.63) is 65.9 Å². The van der Waals surface area contributed by atoms with Gasteiger partial charge in [-0.1, -0.05) is 25.1 Å². The Labute approximate surface area is 177 Å². The lowest BCUT2D eigenvalue weighted by Gasteiger charge is -2.12. The van der Waals surface area contributed by atoms with Crippen LogP contribution in [0, 0.1) is 0 Å². The van der Waals surface area contributed by atoms with E-state index in [0.29, 0.717) is 18.7 Å². The summed E-state index contributed by atoms with van der Waals surface area (Å²) in [6.07, 6.45) is 1.68. The lowest BCUT2D eigenvalue weighted by molar-refractivity contribution is -0.121. The molecule has 2 aromatic carbocycles. The number of aromatic nitrogens is 2. The molecule has 1 amide bonds. The maximum atomic E-state index is 12.3. The molecule has 0 spiro atoms. The molecule has 0 aliphatic carbocycles. The summed E-state index contributed by atoms with van der Waals surface area (Å²) < 4.78 is 13.4. The van der Waals surface area contributed by atoms with Crippen LogP contribution in [0.2, 0.25) is 0 Å². The molecule has 158 valence electrons. The van der Waals surface area contributed by atoms with Crippen LogP contribution in [0.4, 0.5) is 0 Å². The van der Waals surface area contributed by atoms with Gasteiger partial charge >= 0.3 is 0 Å². The van der Waals surface area contributed by atoms with Gasteiger partial charge in [0.1, 0.15) is 11.5 Å². The van der Waals surface area contributed by atoms with Gasteiger partial charge in [0.15, 0.2) is 0 Å². The van der Waals surface area contributed by atoms with Gasteiger partial charge in [-0.05, 0) is 63.1 Å². The highest BCUT2D eigenvalue weighted by molar-refractivity contribution is 5.76. The summed E-state index contributed by atoms with van der Waals surface area (Å²) in [5.74, 6) is 2.16. The zero-order chi connectivity index (χ0) is 21.5. The summed E-state index contributed by atoms with van der Waals surface area (Å²) in [5.41, 5.74) is 2.75. The highest BCUT2D eigenvalue weighted by Gasteiger charge is 2.21. The van der Waals surface area contributed by atoms with Crippen molar-refractivity contribution < 1.29 is 14.3 Å². The monoisotopic (exact) mass is 407 g/mol. The molecule has 0 aliphatic rings. The van der Waals surface area contributed by atoms with Crippen molar-refractivity contribution in [1.29, 1.82) is 0 Å². The van der Waals surface area contributed by atoms with Gasteiger partial charge in [-0.3, -0.25) is 4.79 Å². The molecule has 0 aliphatic heterocycles. The lowest BCUT2D eigenvalue weighted by atomic mass is 10.1. The third kappa shape index (κ3) is 5.20. The fourth-order valence-electron chi connectivity index (χ4n) is 3.25. The molecule has 0 atom stereocenters. The topological polar surface area (TPSA) is 65.4 Å². The highest BCUT2D eigenvalue weighted by atomic mass is 16.5. The molecule has 1 heterocycles. The molecule has 30 heavy (non-hydrogen) atoms. The zero-order valence-corrected chi connectivity index (χ0v) is 18.0. The molecule has 6 nitrogen and oxygen atoms in total. The van der Waals surface area contributed by atoms with Crippen LogP contribution in [0.1, 0.15) is 38.4 Å². The summed E-state index contributed by atoms with van der Waals surface area (Å²) in [7, 11) is 1.64. The van der Waals surface area contributed by atoms with E-state index in [-0.39, 0.29) is 11.9 Å². The molecular formula is C24H29N3O3. The number of nitrogens with one attached hydrogen (secondary N) is 1. The van der Waals surface area contributed by atoms with E-state index in [9.17, 15) is 4.79 Å². The van der Waals surface area contributed by atoms with E-state index < -0.39 is 0 Å². The van der Waals surface area contributed by atoms with Crippen LogP contribution in [-0.4, -0.2) is 28.8 Å². The first kappa shape index (κ1) is 21.4. The molecule has 0 saturated heterocycles. The maximum Gasteiger partial charge on any atom is 0.226 e. The summed E-state index contributed by atoms with van der Waals surface area (Å²) in [5, 5.41) is 7.76. The van der Waals surface area contributed by atoms with E-state index in [4.69, 9.17) is 14.6 Å². The van der Waals surface area contributed by atoms with E-state index >= 15 is 0 Å². The van der Waals surface area contributed by atoms with Crippen molar-refractivity contribution in [2.45, 2.75) is 46.1 Å². The second-order valence-electron chi connectivity index (χ2n) is 7.33. The molecule has 3 rings (SSSR count). The first-order chi connectivity index (χ1) is 14.5. The van der Waals surface area contributed by atoms with E-state index in [1.165, 1.54) is 0 Å². The normalized spacial score (nSPS) is 10.8. The minimum absolute atomic E-state index is 0.0231. The predicted molar refractivity (Wildman–Crippen MR) is 118 cm³/mol. The number of carbonyl (C=O) groups excluding carboxylic acids is 1. The summed E-state index contributed by atoms with van der Waals surface area (Å²) >= 11 is 0. The Bertz CT molecular complexity index is 963. The Kier molecular flexibility index (Phi) is 7.12. The number of hydrogen-bond donors (Lipinski definition) is 1. The van der Waals surface area contributed by atoms with Crippen LogP contribution in [0.3, 0.4) is 0 Å². The van der Waals surface area contributed by atoms with Gasteiger partial charge in [0, 0.05) is 18.0 Å². The minimum Gasteiger partial charge on any atom is -0.497 e. The van der Waals surface area contributed by atoms with Crippen LogP contribution in [0.15, 0.2) is 54.6 Å². The predicted octanol–water partition coefficient (Wildman–Crippen LogP) is 4.69. The standard InChI is InChI=1S/C24H29N3O3/c1-5-22-21(15-16-23(28)25-17(2)3)24(30-20-9-7-6-8-10-20)27(26-22)18-11-13-19(29-4)14-12-18/h6-14,17H,5,15-16H2,1-4H3,(H,25,28). The van der Waals surface area contributed by atoms with E-state index in [1.807, 2.05) is 68.4 Å².